The summed E-state index contributed by atoms with van der Waals surface area (Å²) in [6.07, 6.45) is 0.668. The molecule has 3 aromatic carbocycles. The highest BCUT2D eigenvalue weighted by molar-refractivity contribution is 5.91. The molecule has 0 atom stereocenters. The van der Waals surface area contributed by atoms with Crippen molar-refractivity contribution in [3.8, 4) is 11.5 Å². The van der Waals surface area contributed by atoms with Gasteiger partial charge in [-0.15, -0.1) is 0 Å². The third-order valence-electron chi connectivity index (χ3n) is 6.32. The number of aryl methyl sites for hydroxylation is 1. The Morgan fingerprint density at radius 1 is 0.811 bits per heavy atom. The van der Waals surface area contributed by atoms with Crippen molar-refractivity contribution < 1.29 is 18.7 Å². The van der Waals surface area contributed by atoms with E-state index in [0.29, 0.717) is 36.8 Å². The first kappa shape index (κ1) is 26.0. The molecule has 4 rings (SSSR count). The number of hydrogen-bond donors (Lipinski definition) is 1. The Hall–Kier alpha value is -4.03. The van der Waals surface area contributed by atoms with Crippen LogP contribution in [-0.2, 0) is 26.1 Å². The summed E-state index contributed by atoms with van der Waals surface area (Å²) in [4.78, 5) is 15.0. The van der Waals surface area contributed by atoms with Gasteiger partial charge in [-0.1, -0.05) is 60.7 Å². The minimum absolute atomic E-state index is 0.222. The predicted molar refractivity (Wildman–Crippen MR) is 145 cm³/mol. The highest BCUT2D eigenvalue weighted by Crippen LogP contribution is 2.27. The number of benzene rings is 3. The highest BCUT2D eigenvalue weighted by Gasteiger charge is 2.15. The van der Waals surface area contributed by atoms with Crippen LogP contribution in [0.2, 0.25) is 0 Å². The molecule has 1 heterocycles. The van der Waals surface area contributed by atoms with Crippen molar-refractivity contribution in [2.75, 3.05) is 20.8 Å². The van der Waals surface area contributed by atoms with Gasteiger partial charge in [-0.3, -0.25) is 9.69 Å². The van der Waals surface area contributed by atoms with E-state index < -0.39 is 0 Å². The summed E-state index contributed by atoms with van der Waals surface area (Å²) < 4.78 is 16.6. The quantitative estimate of drug-likeness (QED) is 0.268. The fourth-order valence-corrected chi connectivity index (χ4v) is 4.29. The Bertz CT molecular complexity index is 1300. The van der Waals surface area contributed by atoms with Gasteiger partial charge in [-0.2, -0.15) is 0 Å². The average molecular weight is 499 g/mol. The van der Waals surface area contributed by atoms with E-state index in [4.69, 9.17) is 13.9 Å². The number of furan rings is 1. The molecule has 1 N–H and O–H groups in total. The van der Waals surface area contributed by atoms with E-state index in [1.165, 1.54) is 16.7 Å². The standard InChI is InChI=1S/C31H34N2O4/c1-23-9-7-8-12-26(23)21-33(20-25-10-5-4-6-11-25)22-27-14-16-29(37-27)31(34)32-18-17-24-13-15-28(35-2)30(19-24)36-3/h4-16,19H,17-18,20-22H2,1-3H3,(H,32,34). The second kappa shape index (κ2) is 12.8. The Balaban J connectivity index is 1.37. The van der Waals surface area contributed by atoms with Gasteiger partial charge in [0.25, 0.3) is 5.91 Å². The zero-order valence-corrected chi connectivity index (χ0v) is 21.7. The van der Waals surface area contributed by atoms with E-state index in [9.17, 15) is 4.79 Å². The van der Waals surface area contributed by atoms with Crippen LogP contribution in [-0.4, -0.2) is 31.6 Å². The van der Waals surface area contributed by atoms with Crippen molar-refractivity contribution in [3.63, 3.8) is 0 Å². The van der Waals surface area contributed by atoms with Crippen molar-refractivity contribution in [3.05, 3.63) is 119 Å². The van der Waals surface area contributed by atoms with Crippen LogP contribution in [0.4, 0.5) is 0 Å². The lowest BCUT2D eigenvalue weighted by atomic mass is 10.1. The van der Waals surface area contributed by atoms with Crippen molar-refractivity contribution in [1.29, 1.82) is 0 Å². The minimum Gasteiger partial charge on any atom is -0.493 e. The van der Waals surface area contributed by atoms with Gasteiger partial charge in [-0.25, -0.2) is 0 Å². The molecular formula is C31H34N2O4. The second-order valence-corrected chi connectivity index (χ2v) is 9.02. The topological polar surface area (TPSA) is 63.9 Å². The number of nitrogens with zero attached hydrogens (tertiary/aromatic N) is 1. The molecule has 4 aromatic rings. The fraction of sp³-hybridized carbons (Fsp3) is 0.258. The van der Waals surface area contributed by atoms with Crippen molar-refractivity contribution >= 4 is 5.91 Å². The van der Waals surface area contributed by atoms with E-state index in [-0.39, 0.29) is 5.91 Å². The summed E-state index contributed by atoms with van der Waals surface area (Å²) in [6, 6.07) is 28.2. The number of methoxy groups -OCH3 is 2. The number of ether oxygens (including phenoxy) is 2. The largest absolute Gasteiger partial charge is 0.493 e. The van der Waals surface area contributed by atoms with Gasteiger partial charge in [0.1, 0.15) is 5.76 Å². The molecule has 0 aliphatic heterocycles. The summed E-state index contributed by atoms with van der Waals surface area (Å²) in [5, 5.41) is 2.95. The molecule has 192 valence electrons. The zero-order valence-electron chi connectivity index (χ0n) is 21.7. The van der Waals surface area contributed by atoms with Crippen LogP contribution in [0.3, 0.4) is 0 Å². The Morgan fingerprint density at radius 3 is 2.32 bits per heavy atom. The lowest BCUT2D eigenvalue weighted by Crippen LogP contribution is -2.25. The minimum atomic E-state index is -0.222. The Morgan fingerprint density at radius 2 is 1.57 bits per heavy atom. The summed E-state index contributed by atoms with van der Waals surface area (Å²) in [5.74, 6) is 2.21. The lowest BCUT2D eigenvalue weighted by molar-refractivity contribution is 0.0922. The van der Waals surface area contributed by atoms with E-state index in [0.717, 1.165) is 24.4 Å². The first-order valence-corrected chi connectivity index (χ1v) is 12.4. The van der Waals surface area contributed by atoms with E-state index >= 15 is 0 Å². The maximum atomic E-state index is 12.7. The van der Waals surface area contributed by atoms with Crippen molar-refractivity contribution in [2.24, 2.45) is 0 Å². The molecule has 0 saturated carbocycles. The van der Waals surface area contributed by atoms with E-state index in [1.807, 2.05) is 30.3 Å². The Labute approximate surface area is 218 Å². The number of nitrogens with one attached hydrogen (secondary N) is 1. The van der Waals surface area contributed by atoms with Crippen molar-refractivity contribution in [2.45, 2.75) is 33.0 Å². The van der Waals surface area contributed by atoms with Crippen LogP contribution < -0.4 is 14.8 Å². The van der Waals surface area contributed by atoms with E-state index in [2.05, 4.69) is 65.7 Å². The first-order valence-electron chi connectivity index (χ1n) is 12.4. The van der Waals surface area contributed by atoms with Gasteiger partial charge in [0.05, 0.1) is 20.8 Å². The molecule has 0 fully saturated rings. The van der Waals surface area contributed by atoms with Crippen LogP contribution in [0.25, 0.3) is 0 Å². The highest BCUT2D eigenvalue weighted by atomic mass is 16.5. The summed E-state index contributed by atoms with van der Waals surface area (Å²) in [6.45, 7) is 4.78. The second-order valence-electron chi connectivity index (χ2n) is 9.02. The van der Waals surface area contributed by atoms with Gasteiger partial charge in [0.15, 0.2) is 17.3 Å². The number of carbonyl (C=O) groups excluding carboxylic acids is 1. The van der Waals surface area contributed by atoms with Crippen LogP contribution in [0.5, 0.6) is 11.5 Å². The molecule has 1 amide bonds. The molecule has 1 aromatic heterocycles. The molecule has 0 spiro atoms. The van der Waals surface area contributed by atoms with E-state index in [1.54, 1.807) is 20.3 Å². The third kappa shape index (κ3) is 7.24. The molecule has 0 unspecified atom stereocenters. The monoisotopic (exact) mass is 498 g/mol. The first-order chi connectivity index (χ1) is 18.1. The molecule has 0 aliphatic carbocycles. The molecule has 37 heavy (non-hydrogen) atoms. The predicted octanol–water partition coefficient (Wildman–Crippen LogP) is 5.78. The SMILES string of the molecule is COc1ccc(CCNC(=O)c2ccc(CN(Cc3ccccc3)Cc3ccccc3C)o2)cc1OC. The summed E-state index contributed by atoms with van der Waals surface area (Å²) in [5.41, 5.74) is 4.81. The number of amides is 1. The molecule has 0 saturated heterocycles. The molecule has 0 aliphatic rings. The van der Waals surface area contributed by atoms with Crippen LogP contribution >= 0.6 is 0 Å². The third-order valence-corrected chi connectivity index (χ3v) is 6.32. The van der Waals surface area contributed by atoms with Gasteiger partial charge in [-0.05, 0) is 59.9 Å². The van der Waals surface area contributed by atoms with Crippen LogP contribution in [0.15, 0.2) is 89.3 Å². The Kier molecular flexibility index (Phi) is 9.00. The number of rotatable bonds is 12. The van der Waals surface area contributed by atoms with Crippen molar-refractivity contribution in [1.82, 2.24) is 10.2 Å². The fourth-order valence-electron chi connectivity index (χ4n) is 4.29. The van der Waals surface area contributed by atoms with Gasteiger partial charge in [0, 0.05) is 19.6 Å². The van der Waals surface area contributed by atoms with Gasteiger partial charge >= 0.3 is 0 Å². The summed E-state index contributed by atoms with van der Waals surface area (Å²) in [7, 11) is 3.22. The summed E-state index contributed by atoms with van der Waals surface area (Å²) >= 11 is 0. The maximum absolute atomic E-state index is 12.7. The average Bonchev–Trinajstić information content (AvgIpc) is 3.39. The number of hydrogen-bond acceptors (Lipinski definition) is 5. The van der Waals surface area contributed by atoms with Crippen LogP contribution in [0, 0.1) is 6.92 Å². The normalized spacial score (nSPS) is 10.9. The van der Waals surface area contributed by atoms with Gasteiger partial charge in [0.2, 0.25) is 0 Å². The molecule has 6 nitrogen and oxygen atoms in total. The molecule has 0 bridgehead atoms. The molecule has 6 heteroatoms. The lowest BCUT2D eigenvalue weighted by Gasteiger charge is -2.22. The molecule has 0 radical (unpaired) electrons. The molecular weight excluding hydrogens is 464 g/mol. The van der Waals surface area contributed by atoms with Gasteiger partial charge < -0.3 is 19.2 Å². The number of carbonyl (C=O) groups is 1. The van der Waals surface area contributed by atoms with Crippen LogP contribution in [0.1, 0.15) is 38.6 Å². The smallest absolute Gasteiger partial charge is 0.287 e. The maximum Gasteiger partial charge on any atom is 0.287 e. The zero-order chi connectivity index (χ0) is 26.0.